The minimum absolute atomic E-state index is 0.00579. The Balaban J connectivity index is 1.02. The number of anilines is 2. The van der Waals surface area contributed by atoms with Crippen molar-refractivity contribution in [2.45, 2.75) is 21.6 Å². The van der Waals surface area contributed by atoms with Crippen molar-refractivity contribution in [3.05, 3.63) is 121 Å². The van der Waals surface area contributed by atoms with Crippen LogP contribution in [0.25, 0.3) is 38.3 Å². The van der Waals surface area contributed by atoms with Crippen LogP contribution in [-0.4, -0.2) is 48.7 Å². The predicted octanol–water partition coefficient (Wildman–Crippen LogP) is 11.1. The third-order valence-corrected chi connectivity index (χ3v) is 11.1. The number of phenolic OH excluding ortho intramolecular Hbond substituents is 2. The van der Waals surface area contributed by atoms with E-state index >= 15 is 0 Å². The summed E-state index contributed by atoms with van der Waals surface area (Å²) in [5, 5.41) is 78.4. The molecule has 308 valence electrons. The van der Waals surface area contributed by atoms with Crippen LogP contribution in [0.5, 0.6) is 11.5 Å². The first-order valence-electron chi connectivity index (χ1n) is 17.5. The van der Waals surface area contributed by atoms with Crippen molar-refractivity contribution in [1.82, 2.24) is 15.0 Å². The monoisotopic (exact) mass is 880 g/mol. The number of hydrogen-bond acceptors (Lipinski definition) is 19. The number of benzene rings is 7. The standard InChI is InChI=1S/C39H28N8O11S3/c1-21-15-33(43-44-38-36(60-58-56-51)17-22-16-25(9-12-28(22)39(38)49)40-23-5-3-2-4-6-23)34(48)20-32(21)42-41-24-7-10-26(11-8-24)47-45-31-14-13-29-30(37(31)46-47)18-27(61(52,53)54)19-35(29)59-57-55-50/h2-20,40,48-51H,1H3,(H,52,53,54). The maximum absolute atomic E-state index is 12.0. The zero-order valence-corrected chi connectivity index (χ0v) is 33.5. The van der Waals surface area contributed by atoms with E-state index in [0.717, 1.165) is 17.4 Å². The Morgan fingerprint density at radius 1 is 0.689 bits per heavy atom. The summed E-state index contributed by atoms with van der Waals surface area (Å²) >= 11 is 1.13. The lowest BCUT2D eigenvalue weighted by molar-refractivity contribution is -0.432. The molecule has 0 fully saturated rings. The quantitative estimate of drug-likeness (QED) is 0.0195. The molecule has 1 heterocycles. The summed E-state index contributed by atoms with van der Waals surface area (Å²) in [6, 6.07) is 31.9. The number of nitrogens with one attached hydrogen (secondary N) is 1. The van der Waals surface area contributed by atoms with Crippen molar-refractivity contribution in [2.24, 2.45) is 20.5 Å². The van der Waals surface area contributed by atoms with Gasteiger partial charge >= 0.3 is 0 Å². The zero-order valence-electron chi connectivity index (χ0n) is 31.0. The molecular formula is C39H28N8O11S3. The van der Waals surface area contributed by atoms with Gasteiger partial charge in [-0.25, -0.2) is 10.5 Å². The molecule has 0 unspecified atom stereocenters. The Labute approximate surface area is 352 Å². The van der Waals surface area contributed by atoms with Gasteiger partial charge in [0.15, 0.2) is 5.75 Å². The molecule has 8 rings (SSSR count). The van der Waals surface area contributed by atoms with Crippen LogP contribution in [0.3, 0.4) is 0 Å². The second-order valence-electron chi connectivity index (χ2n) is 12.9. The lowest BCUT2D eigenvalue weighted by Gasteiger charge is -2.12. The summed E-state index contributed by atoms with van der Waals surface area (Å²) in [5.41, 5.74) is 4.35. The Morgan fingerprint density at radius 3 is 2.15 bits per heavy atom. The molecule has 0 atom stereocenters. The van der Waals surface area contributed by atoms with Gasteiger partial charge in [0.25, 0.3) is 10.1 Å². The van der Waals surface area contributed by atoms with Gasteiger partial charge in [-0.05, 0) is 103 Å². The number of nitrogens with zero attached hydrogens (tertiary/aromatic N) is 7. The molecule has 0 saturated carbocycles. The second-order valence-corrected chi connectivity index (χ2v) is 15.8. The molecule has 0 aliphatic rings. The summed E-state index contributed by atoms with van der Waals surface area (Å²) in [4.78, 5) is 1.39. The molecule has 0 amide bonds. The van der Waals surface area contributed by atoms with E-state index in [-0.39, 0.29) is 32.7 Å². The molecule has 0 aliphatic carbocycles. The molecule has 0 aliphatic heterocycles. The van der Waals surface area contributed by atoms with Crippen molar-refractivity contribution in [3.8, 4) is 17.2 Å². The number of rotatable bonds is 14. The van der Waals surface area contributed by atoms with Crippen LogP contribution in [0.4, 0.5) is 34.1 Å². The summed E-state index contributed by atoms with van der Waals surface area (Å²) in [7, 11) is -4.62. The van der Waals surface area contributed by atoms with Crippen LogP contribution in [0.1, 0.15) is 5.56 Å². The minimum atomic E-state index is -4.62. The molecule has 8 aromatic rings. The minimum Gasteiger partial charge on any atom is -0.506 e. The van der Waals surface area contributed by atoms with E-state index in [1.807, 2.05) is 36.4 Å². The predicted molar refractivity (Wildman–Crippen MR) is 224 cm³/mol. The Hall–Kier alpha value is -6.57. The van der Waals surface area contributed by atoms with Gasteiger partial charge in [0, 0.05) is 38.5 Å². The average Bonchev–Trinajstić information content (AvgIpc) is 3.70. The second kappa shape index (κ2) is 17.6. The molecule has 1 aromatic heterocycles. The highest BCUT2D eigenvalue weighted by Gasteiger charge is 2.19. The fourth-order valence-electron chi connectivity index (χ4n) is 6.19. The van der Waals surface area contributed by atoms with Gasteiger partial charge in [-0.2, -0.15) is 23.4 Å². The molecule has 0 bridgehead atoms. The van der Waals surface area contributed by atoms with E-state index in [1.165, 1.54) is 16.9 Å². The van der Waals surface area contributed by atoms with Crippen LogP contribution in [-0.2, 0) is 28.9 Å². The van der Waals surface area contributed by atoms with Crippen LogP contribution < -0.4 is 5.32 Å². The summed E-state index contributed by atoms with van der Waals surface area (Å²) < 4.78 is 43.0. The Kier molecular flexibility index (Phi) is 11.9. The number of aryl methyl sites for hydroxylation is 1. The first-order valence-corrected chi connectivity index (χ1v) is 20.4. The number of phenols is 2. The van der Waals surface area contributed by atoms with Gasteiger partial charge in [0.1, 0.15) is 28.2 Å². The highest BCUT2D eigenvalue weighted by Crippen LogP contribution is 2.46. The molecule has 22 heteroatoms. The summed E-state index contributed by atoms with van der Waals surface area (Å²) in [5.74, 6) is -0.495. The number of azo groups is 2. The van der Waals surface area contributed by atoms with Crippen LogP contribution in [0.15, 0.2) is 150 Å². The maximum Gasteiger partial charge on any atom is 0.294 e. The van der Waals surface area contributed by atoms with E-state index in [2.05, 4.69) is 54.7 Å². The molecule has 0 radical (unpaired) electrons. The smallest absolute Gasteiger partial charge is 0.294 e. The van der Waals surface area contributed by atoms with E-state index in [9.17, 15) is 23.2 Å². The Morgan fingerprint density at radius 2 is 1.41 bits per heavy atom. The normalized spacial score (nSPS) is 12.1. The third-order valence-electron chi connectivity index (χ3n) is 9.04. The van der Waals surface area contributed by atoms with Gasteiger partial charge in [-0.1, -0.05) is 34.3 Å². The highest BCUT2D eigenvalue weighted by atomic mass is 32.2. The van der Waals surface area contributed by atoms with Gasteiger partial charge in [0.05, 0.1) is 50.9 Å². The molecule has 6 N–H and O–H groups in total. The van der Waals surface area contributed by atoms with E-state index in [0.29, 0.717) is 79.3 Å². The van der Waals surface area contributed by atoms with Gasteiger partial charge in [-0.15, -0.1) is 29.1 Å². The number of para-hydroxylation sites is 1. The van der Waals surface area contributed by atoms with Crippen molar-refractivity contribution in [2.75, 3.05) is 5.32 Å². The van der Waals surface area contributed by atoms with E-state index < -0.39 is 15.0 Å². The van der Waals surface area contributed by atoms with Crippen LogP contribution >= 0.6 is 24.1 Å². The molecule has 7 aromatic carbocycles. The number of fused-ring (bicyclic) bond motifs is 4. The SMILES string of the molecule is Cc1cc(N=Nc2c(SOOO)cc3cc(Nc4ccccc4)ccc3c2O)c(O)cc1N=Nc1ccc(-n2nc3ccc4c(SOOO)cc(S(=O)(=O)O)cc4c3n2)cc1. The molecule has 61 heavy (non-hydrogen) atoms. The number of aromatic nitrogens is 3. The van der Waals surface area contributed by atoms with Crippen molar-refractivity contribution in [3.63, 3.8) is 0 Å². The number of hydrogen-bond donors (Lipinski definition) is 6. The first-order chi connectivity index (χ1) is 29.5. The largest absolute Gasteiger partial charge is 0.506 e. The van der Waals surface area contributed by atoms with E-state index in [1.54, 1.807) is 67.6 Å². The lowest BCUT2D eigenvalue weighted by atomic mass is 10.1. The molecule has 0 saturated heterocycles. The molecule has 0 spiro atoms. The first kappa shape index (κ1) is 41.2. The van der Waals surface area contributed by atoms with Crippen molar-refractivity contribution < 1.29 is 52.4 Å². The van der Waals surface area contributed by atoms with Gasteiger partial charge < -0.3 is 15.5 Å². The topological polar surface area (TPSA) is 264 Å². The van der Waals surface area contributed by atoms with Crippen molar-refractivity contribution in [1.29, 1.82) is 0 Å². The van der Waals surface area contributed by atoms with Gasteiger partial charge in [-0.3, -0.25) is 4.55 Å². The fraction of sp³-hybridized carbons (Fsp3) is 0.0256. The average molecular weight is 881 g/mol. The molecule has 19 nitrogen and oxygen atoms in total. The highest BCUT2D eigenvalue weighted by molar-refractivity contribution is 7.95. The molecular weight excluding hydrogens is 853 g/mol. The third kappa shape index (κ3) is 8.98. The lowest BCUT2D eigenvalue weighted by Crippen LogP contribution is -1.99. The van der Waals surface area contributed by atoms with E-state index in [4.69, 9.17) is 10.5 Å². The zero-order chi connectivity index (χ0) is 42.7. The summed E-state index contributed by atoms with van der Waals surface area (Å²) in [6.07, 6.45) is 0. The van der Waals surface area contributed by atoms with Gasteiger partial charge in [0.2, 0.25) is 0 Å². The van der Waals surface area contributed by atoms with Crippen molar-refractivity contribution >= 4 is 101 Å². The van der Waals surface area contributed by atoms with Crippen LogP contribution in [0, 0.1) is 6.92 Å². The number of aromatic hydroxyl groups is 2. The summed E-state index contributed by atoms with van der Waals surface area (Å²) in [6.45, 7) is 1.74. The fourth-order valence-corrected chi connectivity index (χ4v) is 7.84. The van der Waals surface area contributed by atoms with Crippen LogP contribution in [0.2, 0.25) is 0 Å². The Bertz CT molecular complexity index is 3120. The maximum atomic E-state index is 12.0.